The lowest BCUT2D eigenvalue weighted by atomic mass is 10.1. The highest BCUT2D eigenvalue weighted by Gasteiger charge is 2.09. The van der Waals surface area contributed by atoms with E-state index in [0.29, 0.717) is 0 Å². The zero-order chi connectivity index (χ0) is 13.5. The van der Waals surface area contributed by atoms with Crippen molar-refractivity contribution in [2.75, 3.05) is 0 Å². The van der Waals surface area contributed by atoms with Crippen LogP contribution < -0.4 is 4.57 Å². The molecule has 0 aliphatic rings. The SMILES string of the molecule is C[n+]1ccn(-c2ccc3ccc4cccnc4c3n2)c1. The molecule has 1 aromatic carbocycles. The van der Waals surface area contributed by atoms with Crippen LogP contribution in [0.1, 0.15) is 0 Å². The summed E-state index contributed by atoms with van der Waals surface area (Å²) in [6.45, 7) is 0. The number of hydrogen-bond acceptors (Lipinski definition) is 2. The van der Waals surface area contributed by atoms with Gasteiger partial charge in [-0.05, 0) is 12.1 Å². The molecule has 3 aromatic heterocycles. The third-order valence-electron chi connectivity index (χ3n) is 3.45. The van der Waals surface area contributed by atoms with Crippen LogP contribution in [-0.2, 0) is 7.05 Å². The van der Waals surface area contributed by atoms with Gasteiger partial charge in [-0.2, -0.15) is 4.57 Å². The second-order valence-corrected chi connectivity index (χ2v) is 4.87. The summed E-state index contributed by atoms with van der Waals surface area (Å²) in [5.41, 5.74) is 1.89. The quantitative estimate of drug-likeness (QED) is 0.389. The van der Waals surface area contributed by atoms with Crippen LogP contribution >= 0.6 is 0 Å². The molecule has 0 spiro atoms. The molecule has 3 heterocycles. The summed E-state index contributed by atoms with van der Waals surface area (Å²) in [5, 5.41) is 2.22. The van der Waals surface area contributed by atoms with Crippen LogP contribution in [0, 0.1) is 0 Å². The van der Waals surface area contributed by atoms with Gasteiger partial charge in [0.15, 0.2) is 0 Å². The maximum atomic E-state index is 4.77. The Hall–Kier alpha value is -2.75. The highest BCUT2D eigenvalue weighted by molar-refractivity contribution is 6.02. The molecule has 0 aliphatic carbocycles. The lowest BCUT2D eigenvalue weighted by molar-refractivity contribution is -0.670. The van der Waals surface area contributed by atoms with Crippen molar-refractivity contribution in [2.45, 2.75) is 0 Å². The summed E-state index contributed by atoms with van der Waals surface area (Å²) in [4.78, 5) is 9.25. The summed E-state index contributed by atoms with van der Waals surface area (Å²) < 4.78 is 3.99. The predicted octanol–water partition coefficient (Wildman–Crippen LogP) is 2.40. The number of rotatable bonds is 1. The van der Waals surface area contributed by atoms with Gasteiger partial charge < -0.3 is 0 Å². The van der Waals surface area contributed by atoms with E-state index < -0.39 is 0 Å². The van der Waals surface area contributed by atoms with Crippen molar-refractivity contribution in [1.82, 2.24) is 14.5 Å². The lowest BCUT2D eigenvalue weighted by Crippen LogP contribution is -2.23. The summed E-state index contributed by atoms with van der Waals surface area (Å²) in [7, 11) is 1.99. The van der Waals surface area contributed by atoms with E-state index in [4.69, 9.17) is 4.98 Å². The molecule has 20 heavy (non-hydrogen) atoms. The average Bonchev–Trinajstić information content (AvgIpc) is 2.93. The van der Waals surface area contributed by atoms with Crippen LogP contribution in [0.25, 0.3) is 27.6 Å². The minimum absolute atomic E-state index is 0.899. The normalized spacial score (nSPS) is 11.2. The molecular weight excluding hydrogens is 248 g/mol. The van der Waals surface area contributed by atoms with Crippen LogP contribution in [0.15, 0.2) is 61.3 Å². The Balaban J connectivity index is 2.04. The van der Waals surface area contributed by atoms with Crippen LogP contribution in [-0.4, -0.2) is 14.5 Å². The fourth-order valence-corrected chi connectivity index (χ4v) is 2.44. The molecule has 4 rings (SSSR count). The monoisotopic (exact) mass is 261 g/mol. The van der Waals surface area contributed by atoms with E-state index in [0.717, 1.165) is 27.6 Å². The van der Waals surface area contributed by atoms with E-state index >= 15 is 0 Å². The van der Waals surface area contributed by atoms with Crippen molar-refractivity contribution in [2.24, 2.45) is 7.05 Å². The highest BCUT2D eigenvalue weighted by atomic mass is 15.1. The van der Waals surface area contributed by atoms with Crippen molar-refractivity contribution in [3.8, 4) is 5.82 Å². The molecule has 0 N–H and O–H groups in total. The summed E-state index contributed by atoms with van der Waals surface area (Å²) in [6.07, 6.45) is 7.79. The number of aryl methyl sites for hydroxylation is 1. The summed E-state index contributed by atoms with van der Waals surface area (Å²) in [5.74, 6) is 0.899. The van der Waals surface area contributed by atoms with Gasteiger partial charge in [0.05, 0.1) is 12.6 Å². The van der Waals surface area contributed by atoms with Gasteiger partial charge in [0, 0.05) is 23.0 Å². The van der Waals surface area contributed by atoms with Crippen molar-refractivity contribution in [3.63, 3.8) is 0 Å². The molecule has 0 atom stereocenters. The first-order valence-corrected chi connectivity index (χ1v) is 6.49. The molecule has 0 saturated carbocycles. The second kappa shape index (κ2) is 4.13. The molecule has 0 unspecified atom stereocenters. The van der Waals surface area contributed by atoms with Gasteiger partial charge in [0.2, 0.25) is 12.1 Å². The Kier molecular flexibility index (Phi) is 2.29. The molecular formula is C16H13N4+. The van der Waals surface area contributed by atoms with Crippen LogP contribution in [0.2, 0.25) is 0 Å². The van der Waals surface area contributed by atoms with Crippen molar-refractivity contribution >= 4 is 21.8 Å². The number of pyridine rings is 2. The van der Waals surface area contributed by atoms with Gasteiger partial charge in [-0.1, -0.05) is 18.2 Å². The molecule has 0 aliphatic heterocycles. The molecule has 0 saturated heterocycles. The number of aromatic nitrogens is 4. The van der Waals surface area contributed by atoms with E-state index in [9.17, 15) is 0 Å². The largest absolute Gasteiger partial charge is 0.254 e. The minimum atomic E-state index is 0.899. The maximum absolute atomic E-state index is 4.77. The molecule has 0 fully saturated rings. The zero-order valence-corrected chi connectivity index (χ0v) is 11.1. The molecule has 96 valence electrons. The smallest absolute Gasteiger partial charge is 0.250 e. The van der Waals surface area contributed by atoms with E-state index in [1.54, 1.807) is 0 Å². The first kappa shape index (κ1) is 11.1. The van der Waals surface area contributed by atoms with Gasteiger partial charge in [-0.3, -0.25) is 4.98 Å². The minimum Gasteiger partial charge on any atom is -0.254 e. The summed E-state index contributed by atoms with van der Waals surface area (Å²) >= 11 is 0. The Bertz CT molecular complexity index is 924. The van der Waals surface area contributed by atoms with Gasteiger partial charge in [-0.15, -0.1) is 0 Å². The Labute approximate surface area is 116 Å². The first-order valence-electron chi connectivity index (χ1n) is 6.49. The Morgan fingerprint density at radius 3 is 2.60 bits per heavy atom. The topological polar surface area (TPSA) is 34.6 Å². The molecule has 0 amide bonds. The molecule has 4 nitrogen and oxygen atoms in total. The molecule has 0 bridgehead atoms. The van der Waals surface area contributed by atoms with Crippen LogP contribution in [0.3, 0.4) is 0 Å². The van der Waals surface area contributed by atoms with Crippen molar-refractivity contribution in [1.29, 1.82) is 0 Å². The lowest BCUT2D eigenvalue weighted by Gasteiger charge is -2.03. The molecule has 4 heteroatoms. The van der Waals surface area contributed by atoms with E-state index in [1.165, 1.54) is 0 Å². The highest BCUT2D eigenvalue weighted by Crippen LogP contribution is 2.22. The predicted molar refractivity (Wildman–Crippen MR) is 77.5 cm³/mol. The fraction of sp³-hybridized carbons (Fsp3) is 0.0625. The van der Waals surface area contributed by atoms with Crippen molar-refractivity contribution in [3.05, 3.63) is 61.3 Å². The van der Waals surface area contributed by atoms with Crippen LogP contribution in [0.4, 0.5) is 0 Å². The van der Waals surface area contributed by atoms with E-state index in [1.807, 2.05) is 53.2 Å². The summed E-state index contributed by atoms with van der Waals surface area (Å²) in [6, 6.07) is 12.3. The number of nitrogens with zero attached hydrogens (tertiary/aromatic N) is 4. The zero-order valence-electron chi connectivity index (χ0n) is 11.1. The first-order chi connectivity index (χ1) is 9.81. The van der Waals surface area contributed by atoms with Gasteiger partial charge in [-0.25, -0.2) is 9.55 Å². The average molecular weight is 261 g/mol. The Morgan fingerprint density at radius 1 is 1.00 bits per heavy atom. The number of imidazole rings is 1. The fourth-order valence-electron chi connectivity index (χ4n) is 2.44. The third-order valence-corrected chi connectivity index (χ3v) is 3.45. The van der Waals surface area contributed by atoms with E-state index in [-0.39, 0.29) is 0 Å². The second-order valence-electron chi connectivity index (χ2n) is 4.87. The molecule has 0 radical (unpaired) electrons. The van der Waals surface area contributed by atoms with Gasteiger partial charge in [0.25, 0.3) is 0 Å². The van der Waals surface area contributed by atoms with Gasteiger partial charge >= 0.3 is 0 Å². The third kappa shape index (κ3) is 1.66. The van der Waals surface area contributed by atoms with E-state index in [2.05, 4.69) is 29.2 Å². The number of hydrogen-bond donors (Lipinski definition) is 0. The molecule has 4 aromatic rings. The Morgan fingerprint density at radius 2 is 1.80 bits per heavy atom. The maximum Gasteiger partial charge on any atom is 0.250 e. The van der Waals surface area contributed by atoms with Gasteiger partial charge in [0.1, 0.15) is 17.9 Å². The number of fused-ring (bicyclic) bond motifs is 3. The standard InChI is InChI=1S/C16H13N4/c1-19-9-10-20(11-19)14-7-6-13-5-4-12-3-2-8-17-15(12)16(13)18-14/h2-11H,1H3/q+1. The van der Waals surface area contributed by atoms with Crippen LogP contribution in [0.5, 0.6) is 0 Å². The number of benzene rings is 1. The van der Waals surface area contributed by atoms with Crippen molar-refractivity contribution < 1.29 is 4.57 Å².